The molecule has 0 radical (unpaired) electrons. The first-order valence-corrected chi connectivity index (χ1v) is 11.6. The highest BCUT2D eigenvalue weighted by Gasteiger charge is 2.27. The lowest BCUT2D eigenvalue weighted by molar-refractivity contribution is -0.118. The lowest BCUT2D eigenvalue weighted by Gasteiger charge is -2.19. The molecule has 1 aromatic carbocycles. The third-order valence-electron chi connectivity index (χ3n) is 3.93. The van der Waals surface area contributed by atoms with E-state index in [-0.39, 0.29) is 10.8 Å². The number of aryl methyl sites for hydroxylation is 1. The van der Waals surface area contributed by atoms with Crippen LogP contribution in [0.25, 0.3) is 0 Å². The minimum atomic E-state index is -3.81. The second kappa shape index (κ2) is 9.58. The summed E-state index contributed by atoms with van der Waals surface area (Å²) in [6, 6.07) is 5.62. The number of carbonyl (C=O) groups is 1. The summed E-state index contributed by atoms with van der Waals surface area (Å²) in [5.41, 5.74) is 0.962. The minimum absolute atomic E-state index is 0.127. The molecule has 0 fully saturated rings. The summed E-state index contributed by atoms with van der Waals surface area (Å²) in [6.45, 7) is 9.92. The van der Waals surface area contributed by atoms with E-state index >= 15 is 0 Å². The van der Waals surface area contributed by atoms with E-state index in [1.165, 1.54) is 23.5 Å². The second-order valence-electron chi connectivity index (χ2n) is 7.70. The summed E-state index contributed by atoms with van der Waals surface area (Å²) in [6.07, 6.45) is 1.15. The Morgan fingerprint density at radius 2 is 1.71 bits per heavy atom. The quantitative estimate of drug-likeness (QED) is 0.643. The molecule has 9 heteroatoms. The number of hydrogen-bond acceptors (Lipinski definition) is 6. The predicted molar refractivity (Wildman–Crippen MR) is 112 cm³/mol. The van der Waals surface area contributed by atoms with Gasteiger partial charge >= 0.3 is 0 Å². The first kappa shape index (κ1) is 22.4. The molecule has 2 rings (SSSR count). The van der Waals surface area contributed by atoms with Crippen molar-refractivity contribution < 1.29 is 13.2 Å². The first-order chi connectivity index (χ1) is 13.1. The third-order valence-corrected chi connectivity index (χ3v) is 6.28. The van der Waals surface area contributed by atoms with Crippen LogP contribution in [0.3, 0.4) is 0 Å². The highest BCUT2D eigenvalue weighted by molar-refractivity contribution is 7.89. The van der Waals surface area contributed by atoms with Crippen LogP contribution in [-0.2, 0) is 21.2 Å². The normalized spacial score (nSPS) is 13.1. The van der Waals surface area contributed by atoms with E-state index < -0.39 is 22.0 Å². The smallest absolute Gasteiger partial charge is 0.244 e. The van der Waals surface area contributed by atoms with Crippen molar-refractivity contribution in [2.75, 3.05) is 5.32 Å². The van der Waals surface area contributed by atoms with E-state index in [2.05, 4.69) is 34.1 Å². The molecule has 1 atom stereocenters. The number of carbonyl (C=O) groups excluding carboxylic acids is 1. The van der Waals surface area contributed by atoms with Crippen molar-refractivity contribution in [3.05, 3.63) is 34.8 Å². The summed E-state index contributed by atoms with van der Waals surface area (Å²) in [7, 11) is -3.81. The van der Waals surface area contributed by atoms with Crippen LogP contribution in [0.15, 0.2) is 29.2 Å². The number of nitrogens with zero attached hydrogens (tertiary/aromatic N) is 2. The summed E-state index contributed by atoms with van der Waals surface area (Å²) in [5, 5.41) is 12.0. The number of anilines is 1. The molecule has 0 saturated heterocycles. The zero-order valence-corrected chi connectivity index (χ0v) is 18.5. The van der Waals surface area contributed by atoms with Crippen LogP contribution in [0.5, 0.6) is 0 Å². The largest absolute Gasteiger partial charge is 0.299 e. The van der Waals surface area contributed by atoms with Gasteiger partial charge in [-0.3, -0.25) is 10.1 Å². The molecule has 0 spiro atoms. The van der Waals surface area contributed by atoms with Crippen LogP contribution >= 0.6 is 11.3 Å². The van der Waals surface area contributed by atoms with Crippen molar-refractivity contribution in [3.8, 4) is 0 Å². The van der Waals surface area contributed by atoms with Gasteiger partial charge in [0.2, 0.25) is 21.1 Å². The summed E-state index contributed by atoms with van der Waals surface area (Å²) < 4.78 is 27.9. The van der Waals surface area contributed by atoms with Crippen LogP contribution < -0.4 is 10.0 Å². The lowest BCUT2D eigenvalue weighted by atomic mass is 10.0. The zero-order chi connectivity index (χ0) is 20.9. The number of hydrogen-bond donors (Lipinski definition) is 2. The number of sulfonamides is 1. The van der Waals surface area contributed by atoms with Gasteiger partial charge in [-0.25, -0.2) is 8.42 Å². The zero-order valence-electron chi connectivity index (χ0n) is 16.9. The molecule has 0 aliphatic carbocycles. The van der Waals surface area contributed by atoms with Crippen LogP contribution in [0.2, 0.25) is 0 Å². The molecule has 1 aromatic heterocycles. The molecule has 0 saturated carbocycles. The predicted octanol–water partition coefficient (Wildman–Crippen LogP) is 3.38. The first-order valence-electron chi connectivity index (χ1n) is 9.29. The Morgan fingerprint density at radius 3 is 2.29 bits per heavy atom. The van der Waals surface area contributed by atoms with E-state index in [0.717, 1.165) is 17.0 Å². The van der Waals surface area contributed by atoms with Crippen molar-refractivity contribution in [3.63, 3.8) is 0 Å². The van der Waals surface area contributed by atoms with E-state index in [9.17, 15) is 13.2 Å². The van der Waals surface area contributed by atoms with Gasteiger partial charge in [-0.05, 0) is 37.3 Å². The number of aromatic nitrogens is 2. The summed E-state index contributed by atoms with van der Waals surface area (Å²) >= 11 is 1.31. The molecule has 7 nitrogen and oxygen atoms in total. The maximum absolute atomic E-state index is 12.7. The molecular formula is C19H28N4O3S2. The van der Waals surface area contributed by atoms with Crippen LogP contribution in [0.4, 0.5) is 5.13 Å². The minimum Gasteiger partial charge on any atom is -0.299 e. The van der Waals surface area contributed by atoms with Gasteiger partial charge in [0.1, 0.15) is 11.0 Å². The van der Waals surface area contributed by atoms with Crippen LogP contribution in [0.1, 0.15) is 44.7 Å². The standard InChI is InChI=1S/C19H28N4O3S2/c1-12(2)10-16(23-28(25,26)15-8-6-14(5)7-9-15)18(24)20-19-22-21-17(27-19)11-13(3)4/h6-9,12-13,16,23H,10-11H2,1-5H3,(H,20,22,24). The Bertz CT molecular complexity index is 890. The molecule has 28 heavy (non-hydrogen) atoms. The molecule has 0 bridgehead atoms. The Kier molecular flexibility index (Phi) is 7.68. The highest BCUT2D eigenvalue weighted by Crippen LogP contribution is 2.20. The van der Waals surface area contributed by atoms with Crippen molar-refractivity contribution in [2.24, 2.45) is 11.8 Å². The van der Waals surface area contributed by atoms with E-state index in [4.69, 9.17) is 0 Å². The summed E-state index contributed by atoms with van der Waals surface area (Å²) in [5.74, 6) is 0.130. The van der Waals surface area contributed by atoms with Gasteiger partial charge in [-0.15, -0.1) is 10.2 Å². The van der Waals surface area contributed by atoms with E-state index in [1.807, 2.05) is 20.8 Å². The number of rotatable bonds is 9. The van der Waals surface area contributed by atoms with Crippen molar-refractivity contribution in [1.82, 2.24) is 14.9 Å². The fraction of sp³-hybridized carbons (Fsp3) is 0.526. The molecule has 0 aliphatic heterocycles. The van der Waals surface area contributed by atoms with Crippen LogP contribution in [0, 0.1) is 18.8 Å². The van der Waals surface area contributed by atoms with Crippen molar-refractivity contribution >= 4 is 32.4 Å². The molecule has 2 N–H and O–H groups in total. The number of amides is 1. The van der Waals surface area contributed by atoms with Gasteiger partial charge in [-0.1, -0.05) is 56.7 Å². The average Bonchev–Trinajstić information content (AvgIpc) is 3.00. The number of nitrogens with one attached hydrogen (secondary N) is 2. The summed E-state index contributed by atoms with van der Waals surface area (Å²) in [4.78, 5) is 12.9. The SMILES string of the molecule is Cc1ccc(S(=O)(=O)NC(CC(C)C)C(=O)Nc2nnc(CC(C)C)s2)cc1. The molecule has 154 valence electrons. The van der Waals surface area contributed by atoms with Gasteiger partial charge in [0.25, 0.3) is 0 Å². The van der Waals surface area contributed by atoms with Crippen molar-refractivity contribution in [2.45, 2.75) is 58.4 Å². The molecular weight excluding hydrogens is 396 g/mol. The van der Waals surface area contributed by atoms with Crippen LogP contribution in [-0.4, -0.2) is 30.6 Å². The molecule has 1 amide bonds. The molecule has 2 aromatic rings. The molecule has 1 unspecified atom stereocenters. The van der Waals surface area contributed by atoms with Gasteiger partial charge in [0.15, 0.2) is 0 Å². The van der Waals surface area contributed by atoms with Gasteiger partial charge in [-0.2, -0.15) is 4.72 Å². The van der Waals surface area contributed by atoms with E-state index in [1.54, 1.807) is 12.1 Å². The Morgan fingerprint density at radius 1 is 1.07 bits per heavy atom. The second-order valence-corrected chi connectivity index (χ2v) is 10.5. The van der Waals surface area contributed by atoms with Crippen molar-refractivity contribution in [1.29, 1.82) is 0 Å². The molecule has 0 aliphatic rings. The Hall–Kier alpha value is -1.84. The topological polar surface area (TPSA) is 101 Å². The molecule has 1 heterocycles. The Balaban J connectivity index is 2.14. The van der Waals surface area contributed by atoms with Gasteiger partial charge < -0.3 is 0 Å². The van der Waals surface area contributed by atoms with Gasteiger partial charge in [0.05, 0.1) is 4.90 Å². The highest BCUT2D eigenvalue weighted by atomic mass is 32.2. The Labute approximate surface area is 171 Å². The fourth-order valence-electron chi connectivity index (χ4n) is 2.58. The van der Waals surface area contributed by atoms with Gasteiger partial charge in [0, 0.05) is 6.42 Å². The maximum atomic E-state index is 12.7. The fourth-order valence-corrected chi connectivity index (χ4v) is 4.74. The maximum Gasteiger partial charge on any atom is 0.244 e. The lowest BCUT2D eigenvalue weighted by Crippen LogP contribution is -2.44. The number of benzene rings is 1. The monoisotopic (exact) mass is 424 g/mol. The third kappa shape index (κ3) is 6.65. The van der Waals surface area contributed by atoms with E-state index in [0.29, 0.717) is 17.5 Å². The average molecular weight is 425 g/mol.